The minimum atomic E-state index is -0.408. The summed E-state index contributed by atoms with van der Waals surface area (Å²) >= 11 is 0. The first kappa shape index (κ1) is 23.1. The number of benzene rings is 2. The Bertz CT molecular complexity index is 1030. The molecule has 0 spiro atoms. The third-order valence-electron chi connectivity index (χ3n) is 6.64. The van der Waals surface area contributed by atoms with Crippen LogP contribution in [0.15, 0.2) is 36.4 Å². The average Bonchev–Trinajstić information content (AvgIpc) is 3.25. The highest BCUT2D eigenvalue weighted by Gasteiger charge is 2.38. The minimum Gasteiger partial charge on any atom is -0.486 e. The summed E-state index contributed by atoms with van der Waals surface area (Å²) in [5.41, 5.74) is 3.62. The number of aryl methyl sites for hydroxylation is 1. The first-order valence-corrected chi connectivity index (χ1v) is 11.6. The van der Waals surface area contributed by atoms with Gasteiger partial charge in [-0.2, -0.15) is 0 Å². The van der Waals surface area contributed by atoms with Crippen LogP contribution in [-0.2, 0) is 15.1 Å². The van der Waals surface area contributed by atoms with Gasteiger partial charge in [-0.25, -0.2) is 0 Å². The molecule has 33 heavy (non-hydrogen) atoms. The van der Waals surface area contributed by atoms with Crippen molar-refractivity contribution in [2.24, 2.45) is 0 Å². The lowest BCUT2D eigenvalue weighted by Gasteiger charge is -2.33. The number of ether oxygens (including phenoxy) is 2. The lowest BCUT2D eigenvalue weighted by atomic mass is 9.87. The molecule has 0 unspecified atom stereocenters. The molecule has 2 aliphatic rings. The van der Waals surface area contributed by atoms with Crippen molar-refractivity contribution in [1.29, 1.82) is 0 Å². The standard InChI is InChI=1S/C26H33N3O4/c1-18-7-6-8-21(19(18)2)27-24(30)16-29(3)17-25(31)28-26(11-4-5-12-26)20-9-10-22-23(15-20)33-14-13-32-22/h6-10,15H,4-5,11-14,16-17H2,1-3H3,(H,27,30)(H,28,31). The number of likely N-dealkylation sites (N-methyl/N-ethyl adjacent to an activating group) is 1. The second-order valence-electron chi connectivity index (χ2n) is 9.16. The van der Waals surface area contributed by atoms with E-state index in [0.717, 1.165) is 59.6 Å². The Morgan fingerprint density at radius 1 is 0.970 bits per heavy atom. The molecule has 7 nitrogen and oxygen atoms in total. The predicted octanol–water partition coefficient (Wildman–Crippen LogP) is 3.53. The van der Waals surface area contributed by atoms with E-state index in [9.17, 15) is 9.59 Å². The highest BCUT2D eigenvalue weighted by Crippen LogP contribution is 2.42. The molecule has 2 N–H and O–H groups in total. The molecule has 1 aliphatic carbocycles. The lowest BCUT2D eigenvalue weighted by Crippen LogP contribution is -2.48. The van der Waals surface area contributed by atoms with Gasteiger partial charge in [0.2, 0.25) is 11.8 Å². The smallest absolute Gasteiger partial charge is 0.238 e. The summed E-state index contributed by atoms with van der Waals surface area (Å²) in [6.07, 6.45) is 3.88. The van der Waals surface area contributed by atoms with Gasteiger partial charge in [-0.05, 0) is 68.6 Å². The van der Waals surface area contributed by atoms with Crippen molar-refractivity contribution < 1.29 is 19.1 Å². The molecule has 0 aromatic heterocycles. The molecule has 2 amide bonds. The van der Waals surface area contributed by atoms with Crippen molar-refractivity contribution >= 4 is 17.5 Å². The molecule has 1 heterocycles. The molecule has 1 aliphatic heterocycles. The molecular formula is C26H33N3O4. The van der Waals surface area contributed by atoms with Crippen LogP contribution in [-0.4, -0.2) is 50.1 Å². The molecule has 1 fully saturated rings. The van der Waals surface area contributed by atoms with Crippen LogP contribution in [0.5, 0.6) is 11.5 Å². The van der Waals surface area contributed by atoms with Gasteiger partial charge in [0.05, 0.1) is 18.6 Å². The Hall–Kier alpha value is -3.06. The number of nitrogens with zero attached hydrogens (tertiary/aromatic N) is 1. The zero-order valence-electron chi connectivity index (χ0n) is 19.7. The van der Waals surface area contributed by atoms with E-state index in [-0.39, 0.29) is 24.9 Å². The van der Waals surface area contributed by atoms with Crippen LogP contribution in [0, 0.1) is 13.8 Å². The molecule has 4 rings (SSSR count). The van der Waals surface area contributed by atoms with E-state index in [1.54, 1.807) is 11.9 Å². The van der Waals surface area contributed by atoms with E-state index in [2.05, 4.69) is 10.6 Å². The topological polar surface area (TPSA) is 79.9 Å². The van der Waals surface area contributed by atoms with Crippen LogP contribution in [0.1, 0.15) is 42.4 Å². The van der Waals surface area contributed by atoms with Crippen LogP contribution in [0.2, 0.25) is 0 Å². The number of fused-ring (bicyclic) bond motifs is 1. The molecule has 0 radical (unpaired) electrons. The third kappa shape index (κ3) is 5.30. The van der Waals surface area contributed by atoms with E-state index in [4.69, 9.17) is 9.47 Å². The maximum Gasteiger partial charge on any atom is 0.238 e. The third-order valence-corrected chi connectivity index (χ3v) is 6.64. The molecule has 7 heteroatoms. The van der Waals surface area contributed by atoms with Gasteiger partial charge < -0.3 is 20.1 Å². The van der Waals surface area contributed by atoms with Crippen molar-refractivity contribution in [2.45, 2.75) is 45.1 Å². The zero-order valence-corrected chi connectivity index (χ0v) is 19.7. The van der Waals surface area contributed by atoms with E-state index >= 15 is 0 Å². The zero-order chi connectivity index (χ0) is 23.4. The Morgan fingerprint density at radius 3 is 2.42 bits per heavy atom. The summed E-state index contributed by atoms with van der Waals surface area (Å²) in [6, 6.07) is 11.8. The molecule has 0 bridgehead atoms. The van der Waals surface area contributed by atoms with E-state index in [0.29, 0.717) is 13.2 Å². The fourth-order valence-corrected chi connectivity index (χ4v) is 4.73. The monoisotopic (exact) mass is 451 g/mol. The van der Waals surface area contributed by atoms with Crippen molar-refractivity contribution in [3.63, 3.8) is 0 Å². The highest BCUT2D eigenvalue weighted by atomic mass is 16.6. The fourth-order valence-electron chi connectivity index (χ4n) is 4.73. The van der Waals surface area contributed by atoms with Crippen LogP contribution in [0.4, 0.5) is 5.69 Å². The first-order valence-electron chi connectivity index (χ1n) is 11.6. The highest BCUT2D eigenvalue weighted by molar-refractivity contribution is 5.93. The second-order valence-corrected chi connectivity index (χ2v) is 9.16. The summed E-state index contributed by atoms with van der Waals surface area (Å²) in [7, 11) is 1.79. The summed E-state index contributed by atoms with van der Waals surface area (Å²) in [5.74, 6) is 1.26. The number of hydrogen-bond acceptors (Lipinski definition) is 5. The van der Waals surface area contributed by atoms with Crippen LogP contribution < -0.4 is 20.1 Å². The Balaban J connectivity index is 1.37. The Labute approximate surface area is 195 Å². The molecule has 0 atom stereocenters. The van der Waals surface area contributed by atoms with Crippen LogP contribution in [0.25, 0.3) is 0 Å². The normalized spacial score (nSPS) is 16.5. The van der Waals surface area contributed by atoms with Gasteiger partial charge in [0, 0.05) is 5.69 Å². The van der Waals surface area contributed by atoms with E-state index in [1.807, 2.05) is 50.2 Å². The molecule has 1 saturated carbocycles. The SMILES string of the molecule is Cc1cccc(NC(=O)CN(C)CC(=O)NC2(c3ccc4c(c3)OCCO4)CCCC2)c1C. The fraction of sp³-hybridized carbons (Fsp3) is 0.462. The summed E-state index contributed by atoms with van der Waals surface area (Å²) in [5, 5.41) is 6.23. The first-order chi connectivity index (χ1) is 15.9. The molecule has 2 aromatic rings. The Morgan fingerprint density at radius 2 is 1.67 bits per heavy atom. The number of carbonyl (C=O) groups excluding carboxylic acids is 2. The minimum absolute atomic E-state index is 0.0891. The van der Waals surface area contributed by atoms with Crippen molar-refractivity contribution in [2.75, 3.05) is 38.7 Å². The number of rotatable bonds is 7. The predicted molar refractivity (Wildman–Crippen MR) is 128 cm³/mol. The van der Waals surface area contributed by atoms with Gasteiger partial charge in [0.15, 0.2) is 11.5 Å². The van der Waals surface area contributed by atoms with Gasteiger partial charge in [0.25, 0.3) is 0 Å². The summed E-state index contributed by atoms with van der Waals surface area (Å²) in [6.45, 7) is 5.37. The molecule has 2 aromatic carbocycles. The number of carbonyl (C=O) groups is 2. The Kier molecular flexibility index (Phi) is 6.88. The van der Waals surface area contributed by atoms with Crippen molar-refractivity contribution in [3.05, 3.63) is 53.1 Å². The van der Waals surface area contributed by atoms with Crippen LogP contribution >= 0.6 is 0 Å². The molecule has 0 saturated heterocycles. The average molecular weight is 452 g/mol. The maximum absolute atomic E-state index is 13.0. The van der Waals surface area contributed by atoms with Gasteiger partial charge >= 0.3 is 0 Å². The van der Waals surface area contributed by atoms with Gasteiger partial charge in [-0.3, -0.25) is 14.5 Å². The van der Waals surface area contributed by atoms with Crippen molar-refractivity contribution in [3.8, 4) is 11.5 Å². The lowest BCUT2D eigenvalue weighted by molar-refractivity contribution is -0.124. The van der Waals surface area contributed by atoms with E-state index in [1.165, 1.54) is 0 Å². The quantitative estimate of drug-likeness (QED) is 0.673. The van der Waals surface area contributed by atoms with Gasteiger partial charge in [-0.1, -0.05) is 31.0 Å². The largest absolute Gasteiger partial charge is 0.486 e. The summed E-state index contributed by atoms with van der Waals surface area (Å²) in [4.78, 5) is 27.2. The number of hydrogen-bond donors (Lipinski definition) is 2. The molecular weight excluding hydrogens is 418 g/mol. The summed E-state index contributed by atoms with van der Waals surface area (Å²) < 4.78 is 11.4. The molecule has 176 valence electrons. The number of anilines is 1. The second kappa shape index (κ2) is 9.83. The van der Waals surface area contributed by atoms with Gasteiger partial charge in [0.1, 0.15) is 13.2 Å². The van der Waals surface area contributed by atoms with Crippen molar-refractivity contribution in [1.82, 2.24) is 10.2 Å². The number of amides is 2. The van der Waals surface area contributed by atoms with Crippen LogP contribution in [0.3, 0.4) is 0 Å². The van der Waals surface area contributed by atoms with E-state index < -0.39 is 5.54 Å². The van der Waals surface area contributed by atoms with Gasteiger partial charge in [-0.15, -0.1) is 0 Å². The maximum atomic E-state index is 13.0. The number of nitrogens with one attached hydrogen (secondary N) is 2.